The van der Waals surface area contributed by atoms with Crippen LogP contribution in [0.2, 0.25) is 0 Å². The van der Waals surface area contributed by atoms with Gasteiger partial charge in [-0.2, -0.15) is 0 Å². The van der Waals surface area contributed by atoms with Crippen molar-refractivity contribution in [3.05, 3.63) is 0 Å². The molecule has 104 valence electrons. The highest BCUT2D eigenvalue weighted by Crippen LogP contribution is 2.11. The first-order valence-corrected chi connectivity index (χ1v) is 6.37. The minimum absolute atomic E-state index is 0.219. The minimum Gasteiger partial charge on any atom is -0.479 e. The molecule has 1 aliphatic rings. The van der Waals surface area contributed by atoms with Gasteiger partial charge in [-0.25, -0.2) is 4.79 Å². The van der Waals surface area contributed by atoms with E-state index in [0.717, 1.165) is 26.3 Å². The molecule has 0 saturated carbocycles. The smallest absolute Gasteiger partial charge is 0.337 e. The van der Waals surface area contributed by atoms with Gasteiger partial charge in [0, 0.05) is 12.5 Å². The molecule has 1 aliphatic heterocycles. The molecular formula is C12H22N2O4. The van der Waals surface area contributed by atoms with E-state index in [4.69, 9.17) is 5.11 Å². The first-order chi connectivity index (χ1) is 8.42. The predicted molar refractivity (Wildman–Crippen MR) is 66.1 cm³/mol. The van der Waals surface area contributed by atoms with Crippen LogP contribution in [0.1, 0.15) is 39.0 Å². The Bertz CT molecular complexity index is 298. The fourth-order valence-corrected chi connectivity index (χ4v) is 1.91. The van der Waals surface area contributed by atoms with Crippen LogP contribution in [-0.4, -0.2) is 46.8 Å². The summed E-state index contributed by atoms with van der Waals surface area (Å²) in [4.78, 5) is 22.1. The second kappa shape index (κ2) is 6.70. The van der Waals surface area contributed by atoms with Gasteiger partial charge in [0.25, 0.3) is 0 Å². The summed E-state index contributed by atoms with van der Waals surface area (Å²) in [6, 6.07) is 0.379. The lowest BCUT2D eigenvalue weighted by Crippen LogP contribution is -2.46. The molecule has 0 bridgehead atoms. The van der Waals surface area contributed by atoms with Gasteiger partial charge in [0.15, 0.2) is 5.60 Å². The normalized spacial score (nSPS) is 23.1. The molecule has 2 unspecified atom stereocenters. The van der Waals surface area contributed by atoms with Crippen molar-refractivity contribution in [2.45, 2.75) is 50.7 Å². The maximum absolute atomic E-state index is 11.5. The van der Waals surface area contributed by atoms with Gasteiger partial charge >= 0.3 is 5.97 Å². The van der Waals surface area contributed by atoms with Crippen molar-refractivity contribution < 1.29 is 19.8 Å². The van der Waals surface area contributed by atoms with Crippen LogP contribution >= 0.6 is 0 Å². The maximum atomic E-state index is 11.5. The third-order valence-corrected chi connectivity index (χ3v) is 3.22. The van der Waals surface area contributed by atoms with E-state index >= 15 is 0 Å². The fourth-order valence-electron chi connectivity index (χ4n) is 1.91. The molecule has 1 heterocycles. The summed E-state index contributed by atoms with van der Waals surface area (Å²) in [5.74, 6) is -1.55. The summed E-state index contributed by atoms with van der Waals surface area (Å²) in [5, 5.41) is 23.9. The highest BCUT2D eigenvalue weighted by Gasteiger charge is 2.30. The van der Waals surface area contributed by atoms with Crippen molar-refractivity contribution >= 4 is 11.9 Å². The Balaban J connectivity index is 2.19. The molecule has 4 N–H and O–H groups in total. The van der Waals surface area contributed by atoms with Gasteiger partial charge in [0.05, 0.1) is 6.54 Å². The lowest BCUT2D eigenvalue weighted by molar-refractivity contribution is -0.156. The Labute approximate surface area is 107 Å². The van der Waals surface area contributed by atoms with Crippen LogP contribution in [0.25, 0.3) is 0 Å². The van der Waals surface area contributed by atoms with Gasteiger partial charge < -0.3 is 20.8 Å². The largest absolute Gasteiger partial charge is 0.479 e. The number of nitrogens with one attached hydrogen (secondary N) is 2. The van der Waals surface area contributed by atoms with Crippen molar-refractivity contribution in [1.29, 1.82) is 0 Å². The minimum atomic E-state index is -1.90. The Morgan fingerprint density at radius 3 is 2.72 bits per heavy atom. The second-order valence-corrected chi connectivity index (χ2v) is 5.04. The van der Waals surface area contributed by atoms with Crippen LogP contribution in [-0.2, 0) is 9.59 Å². The van der Waals surface area contributed by atoms with Gasteiger partial charge in [0.2, 0.25) is 5.91 Å². The van der Waals surface area contributed by atoms with Crippen molar-refractivity contribution in [1.82, 2.24) is 10.6 Å². The predicted octanol–water partition coefficient (Wildman–Crippen LogP) is -0.139. The van der Waals surface area contributed by atoms with Crippen LogP contribution in [0.4, 0.5) is 0 Å². The highest BCUT2D eigenvalue weighted by molar-refractivity contribution is 5.80. The van der Waals surface area contributed by atoms with Crippen LogP contribution in [0.15, 0.2) is 0 Å². The fraction of sp³-hybridized carbons (Fsp3) is 0.833. The standard InChI is InChI=1S/C12H22N2O4/c1-12(18,11(16)17)8-14-10(15)6-5-9-4-2-3-7-13-9/h9,13,18H,2-8H2,1H3,(H,14,15)(H,16,17). The van der Waals surface area contributed by atoms with E-state index in [1.54, 1.807) is 0 Å². The van der Waals surface area contributed by atoms with Crippen LogP contribution in [0.3, 0.4) is 0 Å². The molecule has 6 heteroatoms. The quantitative estimate of drug-likeness (QED) is 0.531. The van der Waals surface area contributed by atoms with Crippen molar-refractivity contribution in [3.8, 4) is 0 Å². The van der Waals surface area contributed by atoms with Crippen molar-refractivity contribution in [2.24, 2.45) is 0 Å². The van der Waals surface area contributed by atoms with E-state index in [1.807, 2.05) is 0 Å². The molecule has 18 heavy (non-hydrogen) atoms. The van der Waals surface area contributed by atoms with E-state index in [2.05, 4.69) is 10.6 Å². The number of carbonyl (C=O) groups excluding carboxylic acids is 1. The van der Waals surface area contributed by atoms with Crippen LogP contribution in [0.5, 0.6) is 0 Å². The first kappa shape index (κ1) is 14.9. The molecule has 6 nitrogen and oxygen atoms in total. The zero-order valence-corrected chi connectivity index (χ0v) is 10.7. The summed E-state index contributed by atoms with van der Waals surface area (Å²) in [5.41, 5.74) is -1.90. The molecular weight excluding hydrogens is 236 g/mol. The van der Waals surface area contributed by atoms with E-state index in [9.17, 15) is 14.7 Å². The Morgan fingerprint density at radius 2 is 2.17 bits per heavy atom. The second-order valence-electron chi connectivity index (χ2n) is 5.04. The van der Waals surface area contributed by atoms with Gasteiger partial charge in [-0.1, -0.05) is 6.42 Å². The zero-order valence-electron chi connectivity index (χ0n) is 10.7. The van der Waals surface area contributed by atoms with E-state index in [-0.39, 0.29) is 12.5 Å². The number of hydrogen-bond donors (Lipinski definition) is 4. The van der Waals surface area contributed by atoms with E-state index < -0.39 is 11.6 Å². The number of carboxylic acid groups (broad SMARTS) is 1. The number of aliphatic hydroxyl groups is 1. The molecule has 0 aliphatic carbocycles. The Morgan fingerprint density at radius 1 is 1.44 bits per heavy atom. The molecule has 1 saturated heterocycles. The van der Waals surface area contributed by atoms with Crippen LogP contribution < -0.4 is 10.6 Å². The molecule has 0 spiro atoms. The summed E-state index contributed by atoms with van der Waals surface area (Å²) < 4.78 is 0. The Hall–Kier alpha value is -1.14. The summed E-state index contributed by atoms with van der Waals surface area (Å²) >= 11 is 0. The first-order valence-electron chi connectivity index (χ1n) is 6.37. The van der Waals surface area contributed by atoms with E-state index in [1.165, 1.54) is 12.8 Å². The molecule has 1 amide bonds. The lowest BCUT2D eigenvalue weighted by Gasteiger charge is -2.23. The highest BCUT2D eigenvalue weighted by atomic mass is 16.4. The molecule has 1 rings (SSSR count). The third kappa shape index (κ3) is 5.01. The SMILES string of the molecule is CC(O)(CNC(=O)CCC1CCCCN1)C(=O)O. The molecule has 2 atom stereocenters. The number of carbonyl (C=O) groups is 2. The van der Waals surface area contributed by atoms with Gasteiger partial charge in [0.1, 0.15) is 0 Å². The molecule has 0 aromatic carbocycles. The number of carboxylic acids is 1. The van der Waals surface area contributed by atoms with Gasteiger partial charge in [-0.15, -0.1) is 0 Å². The average molecular weight is 258 g/mol. The molecule has 0 radical (unpaired) electrons. The molecule has 0 aromatic heterocycles. The number of rotatable bonds is 6. The monoisotopic (exact) mass is 258 g/mol. The van der Waals surface area contributed by atoms with Gasteiger partial charge in [-0.3, -0.25) is 4.79 Å². The topological polar surface area (TPSA) is 98.7 Å². The Kier molecular flexibility index (Phi) is 5.55. The van der Waals surface area contributed by atoms with Crippen molar-refractivity contribution in [2.75, 3.05) is 13.1 Å². The zero-order chi connectivity index (χ0) is 13.6. The van der Waals surface area contributed by atoms with Crippen LogP contribution in [0, 0.1) is 0 Å². The third-order valence-electron chi connectivity index (χ3n) is 3.22. The lowest BCUT2D eigenvalue weighted by atomic mass is 10.0. The van der Waals surface area contributed by atoms with Crippen molar-refractivity contribution in [3.63, 3.8) is 0 Å². The van der Waals surface area contributed by atoms with Gasteiger partial charge in [-0.05, 0) is 32.7 Å². The average Bonchev–Trinajstić information content (AvgIpc) is 2.35. The van der Waals surface area contributed by atoms with E-state index in [0.29, 0.717) is 12.5 Å². The maximum Gasteiger partial charge on any atom is 0.337 e. The number of hydrogen-bond acceptors (Lipinski definition) is 4. The molecule has 0 aromatic rings. The summed E-state index contributed by atoms with van der Waals surface area (Å²) in [6.07, 6.45) is 4.56. The number of amides is 1. The summed E-state index contributed by atoms with van der Waals surface area (Å²) in [7, 11) is 0. The summed E-state index contributed by atoms with van der Waals surface area (Å²) in [6.45, 7) is 1.90. The molecule has 1 fully saturated rings. The number of piperidine rings is 1. The number of aliphatic carboxylic acids is 1.